The number of nitrogens with zero attached hydrogens (tertiary/aromatic N) is 1. The second kappa shape index (κ2) is 6.22. The van der Waals surface area contributed by atoms with Crippen molar-refractivity contribution >= 4 is 11.6 Å². The third-order valence-corrected chi connectivity index (χ3v) is 3.41. The monoisotopic (exact) mass is 280 g/mol. The molecule has 0 saturated heterocycles. The zero-order valence-corrected chi connectivity index (χ0v) is 12.1. The Balaban J connectivity index is 1.85. The summed E-state index contributed by atoms with van der Waals surface area (Å²) in [6.45, 7) is 2.90. The van der Waals surface area contributed by atoms with Crippen molar-refractivity contribution < 1.29 is 13.9 Å². The van der Waals surface area contributed by atoms with Gasteiger partial charge in [-0.2, -0.15) is 0 Å². The number of benzene rings is 1. The molecule has 0 spiro atoms. The lowest BCUT2D eigenvalue weighted by atomic mass is 10.2. The van der Waals surface area contributed by atoms with Crippen LogP contribution in [0.25, 0.3) is 0 Å². The molecule has 1 aliphatic rings. The van der Waals surface area contributed by atoms with E-state index in [0.29, 0.717) is 18.8 Å². The molecule has 20 heavy (non-hydrogen) atoms. The number of anilines is 1. The second-order valence-corrected chi connectivity index (χ2v) is 5.23. The first kappa shape index (κ1) is 14.8. The van der Waals surface area contributed by atoms with Crippen molar-refractivity contribution in [1.82, 2.24) is 5.32 Å². The SMILES string of the molecule is CCO[C@H]1C[C@@H]1C(=O)NCc1ccc(N(C)C)c(F)c1. The van der Waals surface area contributed by atoms with E-state index in [1.165, 1.54) is 6.07 Å². The predicted octanol–water partition coefficient (Wildman–Crippen LogP) is 1.93. The Kier molecular flexibility index (Phi) is 4.60. The highest BCUT2D eigenvalue weighted by Gasteiger charge is 2.43. The summed E-state index contributed by atoms with van der Waals surface area (Å²) in [6, 6.07) is 5.01. The first-order valence-corrected chi connectivity index (χ1v) is 6.88. The number of rotatable bonds is 6. The fourth-order valence-electron chi connectivity index (χ4n) is 2.19. The molecule has 2 rings (SSSR count). The molecule has 1 amide bonds. The van der Waals surface area contributed by atoms with E-state index >= 15 is 0 Å². The Bertz CT molecular complexity index is 491. The highest BCUT2D eigenvalue weighted by Crippen LogP contribution is 2.33. The van der Waals surface area contributed by atoms with E-state index in [1.807, 2.05) is 13.0 Å². The molecule has 1 aromatic rings. The Morgan fingerprint density at radius 3 is 2.85 bits per heavy atom. The second-order valence-electron chi connectivity index (χ2n) is 5.23. The molecule has 1 N–H and O–H groups in total. The number of hydrogen-bond acceptors (Lipinski definition) is 3. The van der Waals surface area contributed by atoms with Crippen molar-refractivity contribution in [3.63, 3.8) is 0 Å². The number of ether oxygens (including phenoxy) is 1. The van der Waals surface area contributed by atoms with Crippen LogP contribution >= 0.6 is 0 Å². The van der Waals surface area contributed by atoms with Gasteiger partial charge in [0.2, 0.25) is 5.91 Å². The van der Waals surface area contributed by atoms with Crippen LogP contribution in [0.5, 0.6) is 0 Å². The van der Waals surface area contributed by atoms with Crippen molar-refractivity contribution in [2.24, 2.45) is 5.92 Å². The maximum Gasteiger partial charge on any atom is 0.226 e. The molecule has 0 aliphatic heterocycles. The lowest BCUT2D eigenvalue weighted by molar-refractivity contribution is -0.123. The molecule has 0 aromatic heterocycles. The topological polar surface area (TPSA) is 41.6 Å². The molecule has 5 heteroatoms. The molecule has 1 saturated carbocycles. The maximum absolute atomic E-state index is 13.8. The zero-order chi connectivity index (χ0) is 14.7. The number of halogens is 1. The van der Waals surface area contributed by atoms with Crippen LogP contribution in [-0.4, -0.2) is 32.7 Å². The minimum Gasteiger partial charge on any atom is -0.378 e. The minimum absolute atomic E-state index is 0.0134. The molecule has 0 bridgehead atoms. The number of carbonyl (C=O) groups is 1. The fraction of sp³-hybridized carbons (Fsp3) is 0.533. The molecule has 110 valence electrons. The molecule has 1 aliphatic carbocycles. The summed E-state index contributed by atoms with van der Waals surface area (Å²) in [5.41, 5.74) is 1.30. The van der Waals surface area contributed by atoms with Crippen LogP contribution in [-0.2, 0) is 16.1 Å². The summed E-state index contributed by atoms with van der Waals surface area (Å²) in [5.74, 6) is -0.332. The summed E-state index contributed by atoms with van der Waals surface area (Å²) >= 11 is 0. The number of nitrogens with one attached hydrogen (secondary N) is 1. The van der Waals surface area contributed by atoms with Crippen LogP contribution in [0.15, 0.2) is 18.2 Å². The van der Waals surface area contributed by atoms with Gasteiger partial charge in [0.15, 0.2) is 0 Å². The van der Waals surface area contributed by atoms with Gasteiger partial charge in [-0.25, -0.2) is 4.39 Å². The highest BCUT2D eigenvalue weighted by atomic mass is 19.1. The minimum atomic E-state index is -0.277. The van der Waals surface area contributed by atoms with Gasteiger partial charge in [0, 0.05) is 27.2 Å². The van der Waals surface area contributed by atoms with Crippen molar-refractivity contribution in [2.75, 3.05) is 25.6 Å². The Hall–Kier alpha value is -1.62. The normalized spacial score (nSPS) is 20.6. The first-order chi connectivity index (χ1) is 9.52. The van der Waals surface area contributed by atoms with Crippen LogP contribution in [0.4, 0.5) is 10.1 Å². The molecule has 1 fully saturated rings. The molecule has 0 heterocycles. The van der Waals surface area contributed by atoms with Gasteiger partial charge in [0.1, 0.15) is 5.82 Å². The van der Waals surface area contributed by atoms with E-state index < -0.39 is 0 Å². The van der Waals surface area contributed by atoms with Crippen molar-refractivity contribution in [1.29, 1.82) is 0 Å². The summed E-state index contributed by atoms with van der Waals surface area (Å²) in [7, 11) is 3.58. The van der Waals surface area contributed by atoms with Crippen molar-refractivity contribution in [3.8, 4) is 0 Å². The van der Waals surface area contributed by atoms with Gasteiger partial charge in [0.25, 0.3) is 0 Å². The van der Waals surface area contributed by atoms with Crippen molar-refractivity contribution in [2.45, 2.75) is 26.0 Å². The van der Waals surface area contributed by atoms with E-state index in [1.54, 1.807) is 25.1 Å². The molecule has 1 aromatic carbocycles. The lowest BCUT2D eigenvalue weighted by Crippen LogP contribution is -2.26. The van der Waals surface area contributed by atoms with E-state index in [4.69, 9.17) is 4.74 Å². The summed E-state index contributed by atoms with van der Waals surface area (Å²) in [5, 5.41) is 2.83. The molecular formula is C15H21FN2O2. The smallest absolute Gasteiger partial charge is 0.226 e. The number of hydrogen-bond donors (Lipinski definition) is 1. The van der Waals surface area contributed by atoms with E-state index in [9.17, 15) is 9.18 Å². The molecular weight excluding hydrogens is 259 g/mol. The number of carbonyl (C=O) groups excluding carboxylic acids is 1. The van der Waals surface area contributed by atoms with E-state index in [2.05, 4.69) is 5.32 Å². The number of amides is 1. The maximum atomic E-state index is 13.8. The van der Waals surface area contributed by atoms with Crippen molar-refractivity contribution in [3.05, 3.63) is 29.6 Å². The van der Waals surface area contributed by atoms with Gasteiger partial charge in [0.05, 0.1) is 17.7 Å². The fourth-order valence-corrected chi connectivity index (χ4v) is 2.19. The lowest BCUT2D eigenvalue weighted by Gasteiger charge is -2.14. The summed E-state index contributed by atoms with van der Waals surface area (Å²) in [4.78, 5) is 13.5. The Labute approximate surface area is 118 Å². The summed E-state index contributed by atoms with van der Waals surface area (Å²) in [6.07, 6.45) is 0.848. The summed E-state index contributed by atoms with van der Waals surface area (Å²) < 4.78 is 19.2. The molecule has 0 radical (unpaired) electrons. The average molecular weight is 280 g/mol. The third-order valence-electron chi connectivity index (χ3n) is 3.41. The van der Waals surface area contributed by atoms with Gasteiger partial charge >= 0.3 is 0 Å². The largest absolute Gasteiger partial charge is 0.378 e. The van der Waals surface area contributed by atoms with E-state index in [-0.39, 0.29) is 23.7 Å². The van der Waals surface area contributed by atoms with Crippen LogP contribution in [0.3, 0.4) is 0 Å². The van der Waals surface area contributed by atoms with Crippen LogP contribution < -0.4 is 10.2 Å². The third kappa shape index (κ3) is 3.48. The van der Waals surface area contributed by atoms with Crippen LogP contribution in [0.1, 0.15) is 18.9 Å². The van der Waals surface area contributed by atoms with Gasteiger partial charge in [-0.1, -0.05) is 6.07 Å². The quantitative estimate of drug-likeness (QED) is 0.866. The van der Waals surface area contributed by atoms with Gasteiger partial charge < -0.3 is 15.0 Å². The molecule has 2 atom stereocenters. The Morgan fingerprint density at radius 1 is 1.50 bits per heavy atom. The standard InChI is InChI=1S/C15H21FN2O2/c1-4-20-14-8-11(14)15(19)17-9-10-5-6-13(18(2)3)12(16)7-10/h5-7,11,14H,4,8-9H2,1-3H3,(H,17,19)/t11-,14-/m0/s1. The zero-order valence-electron chi connectivity index (χ0n) is 12.1. The van der Waals surface area contributed by atoms with Gasteiger partial charge in [-0.3, -0.25) is 4.79 Å². The van der Waals surface area contributed by atoms with Crippen LogP contribution in [0, 0.1) is 11.7 Å². The first-order valence-electron chi connectivity index (χ1n) is 6.88. The van der Waals surface area contributed by atoms with Crippen LogP contribution in [0.2, 0.25) is 0 Å². The molecule has 4 nitrogen and oxygen atoms in total. The average Bonchev–Trinajstić information content (AvgIpc) is 3.15. The van der Waals surface area contributed by atoms with Gasteiger partial charge in [-0.15, -0.1) is 0 Å². The predicted molar refractivity (Wildman–Crippen MR) is 76.1 cm³/mol. The highest BCUT2D eigenvalue weighted by molar-refractivity contribution is 5.82. The van der Waals surface area contributed by atoms with E-state index in [0.717, 1.165) is 12.0 Å². The Morgan fingerprint density at radius 2 is 2.25 bits per heavy atom. The van der Waals surface area contributed by atoms with Gasteiger partial charge in [-0.05, 0) is 31.0 Å². The molecule has 0 unspecified atom stereocenters.